The Bertz CT molecular complexity index is 1650. The number of fused-ring (bicyclic) bond motifs is 2. The molecule has 55 heavy (non-hydrogen) atoms. The molecule has 2 amide bonds. The van der Waals surface area contributed by atoms with Crippen LogP contribution in [-0.2, 0) is 36.7 Å². The number of carbonyl (C=O) groups excluding carboxylic acids is 2. The van der Waals surface area contributed by atoms with Crippen molar-refractivity contribution in [3.63, 3.8) is 0 Å². The molecule has 8 atom stereocenters. The quantitative estimate of drug-likeness (QED) is 0.0958. The van der Waals surface area contributed by atoms with Crippen molar-refractivity contribution in [2.75, 3.05) is 19.9 Å². The predicted molar refractivity (Wildman–Crippen MR) is 209 cm³/mol. The smallest absolute Gasteiger partial charge is 0.407 e. The molecule has 12 nitrogen and oxygen atoms in total. The van der Waals surface area contributed by atoms with Gasteiger partial charge in [0.1, 0.15) is 6.10 Å². The highest BCUT2D eigenvalue weighted by molar-refractivity contribution is 5.82. The van der Waals surface area contributed by atoms with Crippen LogP contribution < -0.4 is 16.1 Å². The summed E-state index contributed by atoms with van der Waals surface area (Å²) in [5, 5.41) is 20.0. The van der Waals surface area contributed by atoms with Crippen molar-refractivity contribution in [2.45, 2.75) is 116 Å². The van der Waals surface area contributed by atoms with Crippen molar-refractivity contribution in [1.29, 1.82) is 0 Å². The molecule has 3 fully saturated rings. The lowest BCUT2D eigenvalue weighted by Gasteiger charge is -2.37. The third-order valence-corrected chi connectivity index (χ3v) is 11.1. The summed E-state index contributed by atoms with van der Waals surface area (Å²) in [7, 11) is 0. The number of rotatable bonds is 18. The Kier molecular flexibility index (Phi) is 13.9. The van der Waals surface area contributed by atoms with Gasteiger partial charge in [-0.3, -0.25) is 20.5 Å². The summed E-state index contributed by atoms with van der Waals surface area (Å²) in [6.07, 6.45) is 3.13. The van der Waals surface area contributed by atoms with E-state index in [4.69, 9.17) is 18.9 Å². The van der Waals surface area contributed by atoms with Crippen molar-refractivity contribution in [3.8, 4) is 11.3 Å². The summed E-state index contributed by atoms with van der Waals surface area (Å²) in [5.41, 5.74) is 6.35. The number of alkyl carbamates (subject to hydrolysis) is 1. The number of nitrogens with one attached hydrogen (secondary N) is 3. The average molecular weight is 758 g/mol. The van der Waals surface area contributed by atoms with E-state index in [-0.39, 0.29) is 43.6 Å². The number of aliphatic hydroxyl groups is 1. The van der Waals surface area contributed by atoms with Crippen molar-refractivity contribution < 1.29 is 33.6 Å². The number of hydrogen-bond acceptors (Lipinski definition) is 10. The number of hydrazine groups is 1. The molecule has 4 N–H and O–H groups in total. The summed E-state index contributed by atoms with van der Waals surface area (Å²) in [4.78, 5) is 32.2. The van der Waals surface area contributed by atoms with Crippen LogP contribution in [0.3, 0.4) is 0 Å². The number of aromatic nitrogens is 1. The fourth-order valence-corrected chi connectivity index (χ4v) is 8.01. The number of aliphatic hydroxyl groups excluding tert-OH is 1. The number of hydrogen-bond donors (Lipinski definition) is 4. The first-order chi connectivity index (χ1) is 26.5. The molecule has 1 aromatic heterocycles. The van der Waals surface area contributed by atoms with Gasteiger partial charge in [-0.25, -0.2) is 9.80 Å². The van der Waals surface area contributed by atoms with Crippen LogP contribution >= 0.6 is 0 Å². The second-order valence-corrected chi connectivity index (χ2v) is 16.3. The number of carbonyl (C=O) groups is 2. The summed E-state index contributed by atoms with van der Waals surface area (Å²) in [5.74, 6) is 0.163. The molecule has 2 aromatic carbocycles. The molecule has 2 aliphatic heterocycles. The SMILES string of the molecule is CCC(CC)OCNC(C(=O)NN(Cc1ccc(-c2ccccn2)cc1)CC(O)C(Cc1ccccc1)NC(=O)OC1C2COC3OC1CC3C2)C(C)(C)C. The molecule has 2 saturated heterocycles. The van der Waals surface area contributed by atoms with Crippen LogP contribution in [0, 0.1) is 17.3 Å². The molecule has 1 saturated carbocycles. The molecule has 3 aromatic rings. The Balaban J connectivity index is 1.20. The fourth-order valence-electron chi connectivity index (χ4n) is 8.01. The van der Waals surface area contributed by atoms with E-state index in [2.05, 4.69) is 34.9 Å². The number of amides is 2. The van der Waals surface area contributed by atoms with Gasteiger partial charge in [0.05, 0.1) is 49.4 Å². The average Bonchev–Trinajstić information content (AvgIpc) is 3.47. The Morgan fingerprint density at radius 2 is 1.71 bits per heavy atom. The van der Waals surface area contributed by atoms with Gasteiger partial charge in [-0.05, 0) is 60.8 Å². The largest absolute Gasteiger partial charge is 0.443 e. The van der Waals surface area contributed by atoms with E-state index in [0.29, 0.717) is 25.5 Å². The Labute approximate surface area is 325 Å². The third kappa shape index (κ3) is 10.9. The first-order valence-corrected chi connectivity index (χ1v) is 19.9. The molecule has 1 aliphatic carbocycles. The number of ether oxygens (including phenoxy) is 4. The summed E-state index contributed by atoms with van der Waals surface area (Å²) < 4.78 is 24.0. The minimum Gasteiger partial charge on any atom is -0.443 e. The van der Waals surface area contributed by atoms with Crippen molar-refractivity contribution in [3.05, 3.63) is 90.1 Å². The van der Waals surface area contributed by atoms with Gasteiger partial charge in [0.2, 0.25) is 0 Å². The zero-order valence-corrected chi connectivity index (χ0v) is 32.9. The summed E-state index contributed by atoms with van der Waals surface area (Å²) >= 11 is 0. The van der Waals surface area contributed by atoms with Crippen molar-refractivity contribution in [1.82, 2.24) is 26.1 Å². The molecule has 3 aliphatic rings. The molecular formula is C43H59N5O7. The second kappa shape index (κ2) is 18.8. The van der Waals surface area contributed by atoms with Gasteiger partial charge in [0.25, 0.3) is 5.91 Å². The van der Waals surface area contributed by atoms with Crippen LogP contribution in [0.1, 0.15) is 71.4 Å². The molecule has 8 unspecified atom stereocenters. The maximum Gasteiger partial charge on any atom is 0.407 e. The predicted octanol–water partition coefficient (Wildman–Crippen LogP) is 5.60. The zero-order valence-electron chi connectivity index (χ0n) is 32.9. The monoisotopic (exact) mass is 757 g/mol. The van der Waals surface area contributed by atoms with E-state index in [1.165, 1.54) is 0 Å². The van der Waals surface area contributed by atoms with Gasteiger partial charge in [-0.1, -0.05) is 95.3 Å². The maximum atomic E-state index is 14.1. The minimum absolute atomic E-state index is 0.0155. The zero-order chi connectivity index (χ0) is 39.0. The summed E-state index contributed by atoms with van der Waals surface area (Å²) in [6.45, 7) is 11.2. The van der Waals surface area contributed by atoms with Crippen LogP contribution in [0.5, 0.6) is 0 Å². The van der Waals surface area contributed by atoms with Gasteiger partial charge in [0.15, 0.2) is 6.29 Å². The second-order valence-electron chi connectivity index (χ2n) is 16.3. The van der Waals surface area contributed by atoms with Gasteiger partial charge in [0, 0.05) is 36.7 Å². The Morgan fingerprint density at radius 1 is 0.964 bits per heavy atom. The number of benzene rings is 2. The van der Waals surface area contributed by atoms with E-state index in [1.807, 2.05) is 93.6 Å². The number of pyridine rings is 1. The van der Waals surface area contributed by atoms with Crippen LogP contribution in [0.15, 0.2) is 79.0 Å². The molecule has 0 spiro atoms. The van der Waals surface area contributed by atoms with Crippen molar-refractivity contribution in [2.24, 2.45) is 17.3 Å². The molecule has 6 rings (SSSR count). The van der Waals surface area contributed by atoms with Gasteiger partial charge >= 0.3 is 6.09 Å². The van der Waals surface area contributed by atoms with Crippen LogP contribution in [-0.4, -0.2) is 89.8 Å². The first-order valence-electron chi connectivity index (χ1n) is 19.9. The highest BCUT2D eigenvalue weighted by atomic mass is 16.7. The highest BCUT2D eigenvalue weighted by Crippen LogP contribution is 2.46. The number of nitrogens with zero attached hydrogens (tertiary/aromatic N) is 2. The lowest BCUT2D eigenvalue weighted by molar-refractivity contribution is -0.153. The Hall–Kier alpha value is -3.91. The molecular weight excluding hydrogens is 699 g/mol. The lowest BCUT2D eigenvalue weighted by Crippen LogP contribution is -2.58. The molecule has 3 bridgehead atoms. The van der Waals surface area contributed by atoms with Gasteiger partial charge < -0.3 is 29.4 Å². The molecule has 0 radical (unpaired) electrons. The normalized spacial score (nSPS) is 23.4. The minimum atomic E-state index is -1.10. The first kappa shape index (κ1) is 40.7. The van der Waals surface area contributed by atoms with Gasteiger partial charge in [-0.15, -0.1) is 0 Å². The highest BCUT2D eigenvalue weighted by Gasteiger charge is 2.53. The summed E-state index contributed by atoms with van der Waals surface area (Å²) in [6, 6.07) is 22.1. The lowest BCUT2D eigenvalue weighted by atomic mass is 9.78. The van der Waals surface area contributed by atoms with E-state index < -0.39 is 35.8 Å². The van der Waals surface area contributed by atoms with Gasteiger partial charge in [-0.2, -0.15) is 0 Å². The molecule has 12 heteroatoms. The van der Waals surface area contributed by atoms with Crippen LogP contribution in [0.2, 0.25) is 0 Å². The van der Waals surface area contributed by atoms with Crippen LogP contribution in [0.25, 0.3) is 11.3 Å². The molecule has 3 heterocycles. The van der Waals surface area contributed by atoms with E-state index in [0.717, 1.165) is 48.1 Å². The molecule has 298 valence electrons. The van der Waals surface area contributed by atoms with Crippen molar-refractivity contribution >= 4 is 12.0 Å². The fraction of sp³-hybridized carbons (Fsp3) is 0.558. The van der Waals surface area contributed by atoms with E-state index >= 15 is 0 Å². The maximum absolute atomic E-state index is 14.1. The topological polar surface area (TPSA) is 144 Å². The van der Waals surface area contributed by atoms with Crippen LogP contribution in [0.4, 0.5) is 4.79 Å². The standard InChI is InChI=1S/C43H59N5O7/c1-6-33(7-2)53-27-45-39(43(3,4)5)40(50)47-48(24-29-16-18-30(19-17-29)34-15-11-12-20-44-34)25-36(49)35(21-28-13-9-8-10-14-28)46-42(51)55-38-32-22-31-23-37(38)54-41(31)52-26-32/h8-20,31-33,35-39,41,45,49H,6-7,21-27H2,1-5H3,(H,46,51)(H,47,50). The Morgan fingerprint density at radius 3 is 2.40 bits per heavy atom. The third-order valence-electron chi connectivity index (χ3n) is 11.1. The van der Waals surface area contributed by atoms with E-state index in [1.54, 1.807) is 11.2 Å². The van der Waals surface area contributed by atoms with E-state index in [9.17, 15) is 14.7 Å².